The second-order valence-corrected chi connectivity index (χ2v) is 3.51. The van der Waals surface area contributed by atoms with E-state index in [9.17, 15) is 0 Å². The van der Waals surface area contributed by atoms with E-state index in [0.29, 0.717) is 0 Å². The molecule has 0 heterocycles. The minimum absolute atomic E-state index is 1.02. The van der Waals surface area contributed by atoms with Crippen LogP contribution in [0, 0.1) is 0 Å². The third-order valence-corrected chi connectivity index (χ3v) is 2.70. The first-order valence-electron chi connectivity index (χ1n) is 4.50. The van der Waals surface area contributed by atoms with Crippen LogP contribution < -0.4 is 0 Å². The maximum Gasteiger partial charge on any atom is 0.0273 e. The normalized spacial score (nSPS) is 13.8. The first kappa shape index (κ1) is 12.4. The first-order chi connectivity index (χ1) is 6.17. The van der Waals surface area contributed by atoms with Gasteiger partial charge in [0.15, 0.2) is 0 Å². The molecule has 0 spiro atoms. The number of hydrogen-bond acceptors (Lipinski definition) is 0. The molecular weight excluding hydrogens is 224 g/mol. The maximum absolute atomic E-state index is 3.97. The summed E-state index contributed by atoms with van der Waals surface area (Å²) in [5.41, 5.74) is 2.31. The standard InChI is InChI=1S/C12H17Br/c1-5-8-10(4)12(13)11(7-3)9-6-2/h5-6,8-9H,4,7H2,1-3H3. The molecule has 0 aromatic heterocycles. The van der Waals surface area contributed by atoms with Crippen molar-refractivity contribution < 1.29 is 0 Å². The summed E-state index contributed by atoms with van der Waals surface area (Å²) in [4.78, 5) is 0. The summed E-state index contributed by atoms with van der Waals surface area (Å²) in [7, 11) is 0. The molecule has 0 amide bonds. The van der Waals surface area contributed by atoms with Gasteiger partial charge in [-0.1, -0.05) is 37.8 Å². The van der Waals surface area contributed by atoms with Crippen molar-refractivity contribution in [3.05, 3.63) is 46.5 Å². The minimum Gasteiger partial charge on any atom is -0.0906 e. The quantitative estimate of drug-likeness (QED) is 0.623. The Bertz CT molecular complexity index is 254. The Morgan fingerprint density at radius 1 is 1.23 bits per heavy atom. The molecular formula is C12H17Br. The van der Waals surface area contributed by atoms with Crippen LogP contribution in [0.5, 0.6) is 0 Å². The molecule has 0 aliphatic heterocycles. The highest BCUT2D eigenvalue weighted by Gasteiger charge is 2.00. The topological polar surface area (TPSA) is 0 Å². The molecule has 0 saturated carbocycles. The molecule has 0 fully saturated rings. The van der Waals surface area contributed by atoms with Crippen LogP contribution in [0.1, 0.15) is 27.2 Å². The van der Waals surface area contributed by atoms with Crippen LogP contribution in [-0.4, -0.2) is 0 Å². The Labute approximate surface area is 89.9 Å². The predicted octanol–water partition coefficient (Wildman–Crippen LogP) is 4.75. The van der Waals surface area contributed by atoms with Crippen LogP contribution >= 0.6 is 15.9 Å². The fourth-order valence-electron chi connectivity index (χ4n) is 1.03. The molecule has 0 aliphatic rings. The summed E-state index contributed by atoms with van der Waals surface area (Å²) < 4.78 is 1.10. The lowest BCUT2D eigenvalue weighted by molar-refractivity contribution is 1.14. The largest absolute Gasteiger partial charge is 0.0906 e. The van der Waals surface area contributed by atoms with E-state index >= 15 is 0 Å². The van der Waals surface area contributed by atoms with Gasteiger partial charge in [0.05, 0.1) is 0 Å². The van der Waals surface area contributed by atoms with Crippen LogP contribution in [0.2, 0.25) is 0 Å². The number of allylic oxidation sites excluding steroid dienone is 7. The van der Waals surface area contributed by atoms with Crippen molar-refractivity contribution in [3.8, 4) is 0 Å². The van der Waals surface area contributed by atoms with E-state index in [1.165, 1.54) is 5.57 Å². The molecule has 0 unspecified atom stereocenters. The van der Waals surface area contributed by atoms with E-state index in [1.54, 1.807) is 0 Å². The zero-order valence-corrected chi connectivity index (χ0v) is 10.2. The SMILES string of the molecule is C=C(C=CC)C(Br)=C(C=CC)CC. The van der Waals surface area contributed by atoms with Gasteiger partial charge in [-0.2, -0.15) is 0 Å². The van der Waals surface area contributed by atoms with Gasteiger partial charge >= 0.3 is 0 Å². The van der Waals surface area contributed by atoms with Crippen LogP contribution in [0.25, 0.3) is 0 Å². The molecule has 72 valence electrons. The molecule has 0 saturated heterocycles. The van der Waals surface area contributed by atoms with Gasteiger partial charge in [0.25, 0.3) is 0 Å². The van der Waals surface area contributed by atoms with Crippen molar-refractivity contribution in [2.45, 2.75) is 27.2 Å². The van der Waals surface area contributed by atoms with Crippen molar-refractivity contribution in [1.82, 2.24) is 0 Å². The Kier molecular flexibility index (Phi) is 6.61. The summed E-state index contributed by atoms with van der Waals surface area (Å²) in [5.74, 6) is 0. The minimum atomic E-state index is 1.02. The van der Waals surface area contributed by atoms with Gasteiger partial charge in [-0.05, 0) is 47.3 Å². The van der Waals surface area contributed by atoms with Crippen molar-refractivity contribution in [1.29, 1.82) is 0 Å². The van der Waals surface area contributed by atoms with E-state index in [0.717, 1.165) is 16.5 Å². The molecule has 0 nitrogen and oxygen atoms in total. The molecule has 0 aromatic rings. The summed E-state index contributed by atoms with van der Waals surface area (Å²) in [6.07, 6.45) is 9.17. The maximum atomic E-state index is 3.97. The summed E-state index contributed by atoms with van der Waals surface area (Å²) >= 11 is 3.55. The lowest BCUT2D eigenvalue weighted by Crippen LogP contribution is -1.83. The van der Waals surface area contributed by atoms with E-state index in [2.05, 4.69) is 35.5 Å². The Morgan fingerprint density at radius 3 is 2.15 bits per heavy atom. The van der Waals surface area contributed by atoms with Crippen molar-refractivity contribution in [3.63, 3.8) is 0 Å². The number of hydrogen-bond donors (Lipinski definition) is 0. The fraction of sp³-hybridized carbons (Fsp3) is 0.333. The molecule has 0 rings (SSSR count). The second kappa shape index (κ2) is 6.90. The third-order valence-electron chi connectivity index (χ3n) is 1.68. The van der Waals surface area contributed by atoms with Gasteiger partial charge in [0.2, 0.25) is 0 Å². The smallest absolute Gasteiger partial charge is 0.0273 e. The van der Waals surface area contributed by atoms with Crippen LogP contribution in [0.4, 0.5) is 0 Å². The first-order valence-corrected chi connectivity index (χ1v) is 5.29. The summed E-state index contributed by atoms with van der Waals surface area (Å²) in [6.45, 7) is 10.1. The molecule has 0 N–H and O–H groups in total. The van der Waals surface area contributed by atoms with Gasteiger partial charge in [-0.25, -0.2) is 0 Å². The lowest BCUT2D eigenvalue weighted by atomic mass is 10.1. The van der Waals surface area contributed by atoms with E-state index in [4.69, 9.17) is 0 Å². The van der Waals surface area contributed by atoms with Gasteiger partial charge in [0, 0.05) is 4.48 Å². The molecule has 0 aliphatic carbocycles. The van der Waals surface area contributed by atoms with E-state index in [-0.39, 0.29) is 0 Å². The second-order valence-electron chi connectivity index (χ2n) is 2.72. The average Bonchev–Trinajstić information content (AvgIpc) is 2.13. The predicted molar refractivity (Wildman–Crippen MR) is 65.0 cm³/mol. The van der Waals surface area contributed by atoms with Crippen LogP contribution in [0.3, 0.4) is 0 Å². The van der Waals surface area contributed by atoms with Crippen molar-refractivity contribution in [2.24, 2.45) is 0 Å². The lowest BCUT2D eigenvalue weighted by Gasteiger charge is -2.04. The number of halogens is 1. The molecule has 0 radical (unpaired) electrons. The Hall–Kier alpha value is -0.560. The van der Waals surface area contributed by atoms with Crippen molar-refractivity contribution in [2.75, 3.05) is 0 Å². The van der Waals surface area contributed by atoms with Crippen LogP contribution in [0.15, 0.2) is 46.5 Å². The van der Waals surface area contributed by atoms with Crippen molar-refractivity contribution >= 4 is 15.9 Å². The molecule has 0 bridgehead atoms. The summed E-state index contributed by atoms with van der Waals surface area (Å²) in [6, 6.07) is 0. The zero-order chi connectivity index (χ0) is 10.3. The molecule has 1 heteroatoms. The van der Waals surface area contributed by atoms with E-state index < -0.39 is 0 Å². The Balaban J connectivity index is 4.84. The highest BCUT2D eigenvalue weighted by Crippen LogP contribution is 2.24. The molecule has 0 aromatic carbocycles. The van der Waals surface area contributed by atoms with Crippen LogP contribution in [-0.2, 0) is 0 Å². The number of rotatable bonds is 4. The van der Waals surface area contributed by atoms with Gasteiger partial charge in [-0.3, -0.25) is 0 Å². The molecule has 0 atom stereocenters. The molecule has 13 heavy (non-hydrogen) atoms. The Morgan fingerprint density at radius 2 is 1.77 bits per heavy atom. The van der Waals surface area contributed by atoms with Gasteiger partial charge < -0.3 is 0 Å². The van der Waals surface area contributed by atoms with E-state index in [1.807, 2.05) is 32.1 Å². The fourth-order valence-corrected chi connectivity index (χ4v) is 1.57. The highest BCUT2D eigenvalue weighted by molar-refractivity contribution is 9.12. The zero-order valence-electron chi connectivity index (χ0n) is 8.60. The monoisotopic (exact) mass is 240 g/mol. The van der Waals surface area contributed by atoms with Gasteiger partial charge in [0.1, 0.15) is 0 Å². The third kappa shape index (κ3) is 4.28. The summed E-state index contributed by atoms with van der Waals surface area (Å²) in [5, 5.41) is 0. The average molecular weight is 241 g/mol. The highest BCUT2D eigenvalue weighted by atomic mass is 79.9. The van der Waals surface area contributed by atoms with Gasteiger partial charge in [-0.15, -0.1) is 0 Å².